The summed E-state index contributed by atoms with van der Waals surface area (Å²) in [4.78, 5) is 15.7. The number of nitrogens with zero attached hydrogens (tertiary/aromatic N) is 1. The fourth-order valence-electron chi connectivity index (χ4n) is 2.55. The van der Waals surface area contributed by atoms with Crippen molar-refractivity contribution in [3.8, 4) is 0 Å². The molecule has 3 unspecified atom stereocenters. The first-order valence-electron chi connectivity index (χ1n) is 6.64. The van der Waals surface area contributed by atoms with Gasteiger partial charge in [-0.3, -0.25) is 0 Å². The molecule has 0 amide bonds. The predicted molar refractivity (Wildman–Crippen MR) is 75.0 cm³/mol. The molecule has 3 atom stereocenters. The Morgan fingerprint density at radius 2 is 2.16 bits per heavy atom. The number of rotatable bonds is 3. The van der Waals surface area contributed by atoms with Gasteiger partial charge in [-0.2, -0.15) is 0 Å². The van der Waals surface area contributed by atoms with E-state index in [2.05, 4.69) is 28.9 Å². The molecular formula is C14H21N3O2. The molecule has 0 aromatic carbocycles. The first-order chi connectivity index (χ1) is 9.02. The van der Waals surface area contributed by atoms with Gasteiger partial charge in [-0.1, -0.05) is 13.8 Å². The summed E-state index contributed by atoms with van der Waals surface area (Å²) in [5, 5.41) is 3.36. The van der Waals surface area contributed by atoms with E-state index in [1.54, 1.807) is 12.1 Å². The average molecular weight is 263 g/mol. The fourth-order valence-corrected chi connectivity index (χ4v) is 2.55. The highest BCUT2D eigenvalue weighted by Crippen LogP contribution is 2.33. The zero-order valence-corrected chi connectivity index (χ0v) is 11.6. The van der Waals surface area contributed by atoms with Crippen molar-refractivity contribution in [2.75, 3.05) is 18.2 Å². The lowest BCUT2D eigenvalue weighted by Gasteiger charge is -2.21. The fraction of sp³-hybridized carbons (Fsp3) is 0.571. The molecule has 0 saturated heterocycles. The molecule has 5 nitrogen and oxygen atoms in total. The lowest BCUT2D eigenvalue weighted by Crippen LogP contribution is -2.25. The molecule has 2 rings (SSSR count). The van der Waals surface area contributed by atoms with E-state index in [4.69, 9.17) is 5.73 Å². The van der Waals surface area contributed by atoms with Crippen LogP contribution in [0.2, 0.25) is 0 Å². The van der Waals surface area contributed by atoms with Crippen LogP contribution < -0.4 is 11.1 Å². The molecule has 1 aromatic rings. The van der Waals surface area contributed by atoms with E-state index in [0.717, 1.165) is 6.42 Å². The van der Waals surface area contributed by atoms with Crippen molar-refractivity contribution in [3.05, 3.63) is 17.8 Å². The van der Waals surface area contributed by atoms with Crippen molar-refractivity contribution in [1.29, 1.82) is 0 Å². The number of carbonyl (C=O) groups excluding carboxylic acids is 1. The van der Waals surface area contributed by atoms with Gasteiger partial charge >= 0.3 is 5.97 Å². The molecule has 1 saturated carbocycles. The van der Waals surface area contributed by atoms with E-state index in [0.29, 0.717) is 29.4 Å². The summed E-state index contributed by atoms with van der Waals surface area (Å²) in [7, 11) is 1.34. The SMILES string of the molecule is COC(=O)c1ccc(N)c(NC2CCC(C)C2C)n1. The minimum absolute atomic E-state index is 0.276. The number of hydrogen-bond acceptors (Lipinski definition) is 5. The van der Waals surface area contributed by atoms with Crippen LogP contribution >= 0.6 is 0 Å². The highest BCUT2D eigenvalue weighted by Gasteiger charge is 2.30. The van der Waals surface area contributed by atoms with Crippen LogP contribution in [0.3, 0.4) is 0 Å². The number of hydrogen-bond donors (Lipinski definition) is 2. The van der Waals surface area contributed by atoms with Gasteiger partial charge in [0.25, 0.3) is 0 Å². The number of nitrogen functional groups attached to an aromatic ring is 1. The summed E-state index contributed by atoms with van der Waals surface area (Å²) >= 11 is 0. The van der Waals surface area contributed by atoms with Gasteiger partial charge < -0.3 is 15.8 Å². The topological polar surface area (TPSA) is 77.2 Å². The van der Waals surface area contributed by atoms with Gasteiger partial charge in [0, 0.05) is 6.04 Å². The Bertz CT molecular complexity index is 476. The number of nitrogens with one attached hydrogen (secondary N) is 1. The summed E-state index contributed by atoms with van der Waals surface area (Å²) in [5.41, 5.74) is 6.74. The van der Waals surface area contributed by atoms with Crippen molar-refractivity contribution in [3.63, 3.8) is 0 Å². The Hall–Kier alpha value is -1.78. The molecule has 1 heterocycles. The smallest absolute Gasteiger partial charge is 0.356 e. The summed E-state index contributed by atoms with van der Waals surface area (Å²) < 4.78 is 4.67. The molecule has 5 heteroatoms. The minimum atomic E-state index is -0.448. The molecule has 104 valence electrons. The summed E-state index contributed by atoms with van der Waals surface area (Å²) in [6, 6.07) is 3.62. The summed E-state index contributed by atoms with van der Waals surface area (Å²) in [6.07, 6.45) is 2.31. The van der Waals surface area contributed by atoms with Crippen molar-refractivity contribution in [1.82, 2.24) is 4.98 Å². The molecule has 1 aliphatic rings. The van der Waals surface area contributed by atoms with Crippen molar-refractivity contribution in [2.45, 2.75) is 32.7 Å². The quantitative estimate of drug-likeness (QED) is 0.818. The molecule has 0 aliphatic heterocycles. The maximum atomic E-state index is 11.5. The molecule has 3 N–H and O–H groups in total. The largest absolute Gasteiger partial charge is 0.464 e. The molecule has 1 aliphatic carbocycles. The van der Waals surface area contributed by atoms with E-state index in [1.807, 2.05) is 0 Å². The second-order valence-electron chi connectivity index (χ2n) is 5.29. The van der Waals surface area contributed by atoms with E-state index < -0.39 is 5.97 Å². The number of nitrogens with two attached hydrogens (primary N) is 1. The van der Waals surface area contributed by atoms with Crippen LogP contribution in [0, 0.1) is 11.8 Å². The van der Waals surface area contributed by atoms with Crippen molar-refractivity contribution >= 4 is 17.5 Å². The van der Waals surface area contributed by atoms with Crippen LogP contribution in [-0.2, 0) is 4.74 Å². The molecule has 1 aromatic heterocycles. The Kier molecular flexibility index (Phi) is 3.93. The molecule has 0 spiro atoms. The molecular weight excluding hydrogens is 242 g/mol. The van der Waals surface area contributed by atoms with Gasteiger partial charge in [-0.05, 0) is 36.8 Å². The van der Waals surface area contributed by atoms with E-state index in [1.165, 1.54) is 13.5 Å². The van der Waals surface area contributed by atoms with Crippen LogP contribution in [0.5, 0.6) is 0 Å². The number of methoxy groups -OCH3 is 1. The van der Waals surface area contributed by atoms with Crippen molar-refractivity contribution in [2.24, 2.45) is 11.8 Å². The van der Waals surface area contributed by atoms with E-state index >= 15 is 0 Å². The van der Waals surface area contributed by atoms with Crippen LogP contribution in [0.25, 0.3) is 0 Å². The molecule has 0 bridgehead atoms. The highest BCUT2D eigenvalue weighted by molar-refractivity contribution is 5.88. The third-order valence-corrected chi connectivity index (χ3v) is 4.11. The monoisotopic (exact) mass is 263 g/mol. The average Bonchev–Trinajstić information content (AvgIpc) is 2.72. The zero-order chi connectivity index (χ0) is 14.0. The summed E-state index contributed by atoms with van der Waals surface area (Å²) in [5.74, 6) is 1.40. The Labute approximate surface area is 113 Å². The maximum absolute atomic E-state index is 11.5. The van der Waals surface area contributed by atoms with Gasteiger partial charge in [-0.25, -0.2) is 9.78 Å². The first kappa shape index (κ1) is 13.6. The Balaban J connectivity index is 2.17. The van der Waals surface area contributed by atoms with Crippen LogP contribution in [-0.4, -0.2) is 24.1 Å². The third-order valence-electron chi connectivity index (χ3n) is 4.11. The standard InChI is InChI=1S/C14H21N3O2/c1-8-4-6-11(9(8)2)16-13-10(15)5-7-12(17-13)14(18)19-3/h5,7-9,11H,4,6,15H2,1-3H3,(H,16,17). The van der Waals surface area contributed by atoms with Gasteiger partial charge in [0.05, 0.1) is 12.8 Å². The number of aromatic nitrogens is 1. The number of carbonyl (C=O) groups is 1. The third kappa shape index (κ3) is 2.80. The van der Waals surface area contributed by atoms with Crippen molar-refractivity contribution < 1.29 is 9.53 Å². The second-order valence-corrected chi connectivity index (χ2v) is 5.29. The summed E-state index contributed by atoms with van der Waals surface area (Å²) in [6.45, 7) is 4.49. The maximum Gasteiger partial charge on any atom is 0.356 e. The Morgan fingerprint density at radius 1 is 1.42 bits per heavy atom. The number of esters is 1. The van der Waals surface area contributed by atoms with Crippen LogP contribution in [0.15, 0.2) is 12.1 Å². The molecule has 19 heavy (non-hydrogen) atoms. The van der Waals surface area contributed by atoms with E-state index in [-0.39, 0.29) is 5.69 Å². The van der Waals surface area contributed by atoms with Crippen LogP contribution in [0.1, 0.15) is 37.2 Å². The van der Waals surface area contributed by atoms with Gasteiger partial charge in [0.1, 0.15) is 5.82 Å². The highest BCUT2D eigenvalue weighted by atomic mass is 16.5. The van der Waals surface area contributed by atoms with E-state index in [9.17, 15) is 4.79 Å². The molecule has 1 fully saturated rings. The molecule has 0 radical (unpaired) electrons. The lowest BCUT2D eigenvalue weighted by atomic mass is 9.98. The zero-order valence-electron chi connectivity index (χ0n) is 11.6. The normalized spacial score (nSPS) is 26.2. The minimum Gasteiger partial charge on any atom is -0.464 e. The lowest BCUT2D eigenvalue weighted by molar-refractivity contribution is 0.0594. The number of ether oxygens (including phenoxy) is 1. The van der Waals surface area contributed by atoms with Crippen LogP contribution in [0.4, 0.5) is 11.5 Å². The van der Waals surface area contributed by atoms with Gasteiger partial charge in [0.2, 0.25) is 0 Å². The Morgan fingerprint density at radius 3 is 2.74 bits per heavy atom. The second kappa shape index (κ2) is 5.47. The number of pyridine rings is 1. The first-order valence-corrected chi connectivity index (χ1v) is 6.64. The van der Waals surface area contributed by atoms with Gasteiger partial charge in [0.15, 0.2) is 5.69 Å². The predicted octanol–water partition coefficient (Wildman–Crippen LogP) is 2.30. The van der Waals surface area contributed by atoms with Gasteiger partial charge in [-0.15, -0.1) is 0 Å². The number of anilines is 2.